The lowest BCUT2D eigenvalue weighted by atomic mass is 10.1. The molecule has 0 radical (unpaired) electrons. The molecule has 0 spiro atoms. The molecule has 0 aliphatic carbocycles. The zero-order valence-electron chi connectivity index (χ0n) is 23.0. The highest BCUT2D eigenvalue weighted by Crippen LogP contribution is 2.37. The predicted octanol–water partition coefficient (Wildman–Crippen LogP) is 4.89. The first-order valence-electron chi connectivity index (χ1n) is 13.5. The van der Waals surface area contributed by atoms with Crippen LogP contribution in [0, 0.1) is 5.92 Å². The van der Waals surface area contributed by atoms with Crippen molar-refractivity contribution in [2.75, 3.05) is 32.8 Å². The molecule has 2 saturated heterocycles. The second kappa shape index (κ2) is 10.7. The topological polar surface area (TPSA) is 42.0 Å². The second-order valence-corrected chi connectivity index (χ2v) is 16.7. The molecule has 0 N–H and O–H groups in total. The second-order valence-electron chi connectivity index (χ2n) is 12.4. The Morgan fingerprint density at radius 1 is 0.917 bits per heavy atom. The van der Waals surface area contributed by atoms with Crippen LogP contribution >= 0.6 is 0 Å². The van der Waals surface area contributed by atoms with E-state index in [2.05, 4.69) is 86.3 Å². The van der Waals surface area contributed by atoms with Crippen LogP contribution in [0.4, 0.5) is 4.79 Å². The Hall–Kier alpha value is -2.15. The molecule has 2 atom stereocenters. The quantitative estimate of drug-likeness (QED) is 0.394. The number of ether oxygens (including phenoxy) is 1. The molecule has 5 nitrogen and oxygen atoms in total. The zero-order valence-corrected chi connectivity index (χ0v) is 24.0. The van der Waals surface area contributed by atoms with Gasteiger partial charge in [-0.25, -0.2) is 4.79 Å². The number of amides is 1. The van der Waals surface area contributed by atoms with Gasteiger partial charge in [0, 0.05) is 32.3 Å². The molecule has 2 aliphatic rings. The fourth-order valence-corrected chi connectivity index (χ4v) is 10.7. The Balaban J connectivity index is 1.42. The number of hydrogen-bond donors (Lipinski definition) is 0. The van der Waals surface area contributed by atoms with Crippen molar-refractivity contribution in [3.05, 3.63) is 60.7 Å². The molecule has 2 aromatic rings. The lowest BCUT2D eigenvalue weighted by molar-refractivity contribution is 0.0272. The van der Waals surface area contributed by atoms with Crippen molar-refractivity contribution in [3.63, 3.8) is 0 Å². The van der Waals surface area contributed by atoms with Crippen LogP contribution in [0.3, 0.4) is 0 Å². The number of nitrogens with zero attached hydrogens (tertiary/aromatic N) is 2. The first-order valence-corrected chi connectivity index (χ1v) is 15.4. The Bertz CT molecular complexity index is 961. The van der Waals surface area contributed by atoms with Gasteiger partial charge < -0.3 is 14.1 Å². The van der Waals surface area contributed by atoms with Gasteiger partial charge >= 0.3 is 6.09 Å². The molecule has 0 unspecified atom stereocenters. The fraction of sp³-hybridized carbons (Fsp3) is 0.567. The van der Waals surface area contributed by atoms with Gasteiger partial charge in [0.05, 0.1) is 0 Å². The summed E-state index contributed by atoms with van der Waals surface area (Å²) in [5.41, 5.74) is -0.452. The molecule has 1 amide bonds. The molecule has 196 valence electrons. The van der Waals surface area contributed by atoms with Crippen molar-refractivity contribution >= 4 is 24.8 Å². The van der Waals surface area contributed by atoms with E-state index in [1.807, 2.05) is 25.7 Å². The number of carbonyl (C=O) groups excluding carboxylic acids is 1. The van der Waals surface area contributed by atoms with Crippen LogP contribution in [0.2, 0.25) is 5.04 Å². The lowest BCUT2D eigenvalue weighted by Crippen LogP contribution is -2.66. The Morgan fingerprint density at radius 3 is 2.03 bits per heavy atom. The van der Waals surface area contributed by atoms with Gasteiger partial charge in [-0.05, 0) is 61.5 Å². The van der Waals surface area contributed by atoms with Crippen molar-refractivity contribution in [3.8, 4) is 0 Å². The van der Waals surface area contributed by atoms with Gasteiger partial charge in [-0.3, -0.25) is 4.90 Å². The minimum atomic E-state index is -2.49. The molecule has 2 aromatic carbocycles. The number of fused-ring (bicyclic) bond motifs is 1. The number of carbonyl (C=O) groups is 1. The summed E-state index contributed by atoms with van der Waals surface area (Å²) in [6.07, 6.45) is 1.96. The number of benzene rings is 2. The van der Waals surface area contributed by atoms with Crippen molar-refractivity contribution in [2.24, 2.45) is 5.92 Å². The highest BCUT2D eigenvalue weighted by molar-refractivity contribution is 6.99. The molecule has 0 aromatic heterocycles. The van der Waals surface area contributed by atoms with E-state index < -0.39 is 13.9 Å². The van der Waals surface area contributed by atoms with E-state index in [1.54, 1.807) is 0 Å². The highest BCUT2D eigenvalue weighted by atomic mass is 28.4. The highest BCUT2D eigenvalue weighted by Gasteiger charge is 2.50. The summed E-state index contributed by atoms with van der Waals surface area (Å²) in [5, 5.41) is 2.65. The van der Waals surface area contributed by atoms with E-state index in [9.17, 15) is 4.79 Å². The zero-order chi connectivity index (χ0) is 26.0. The Morgan fingerprint density at radius 2 is 1.50 bits per heavy atom. The standard InChI is InChI=1S/C30H44N2O3Si/c1-29(2,3)35-28(33)32-22-24-18-20-31(27(24)23-32)19-13-21-34-36(30(4,5)6,25-14-9-7-10-15-25)26-16-11-8-12-17-26/h7-12,14-17,24,27H,13,18-23H2,1-6H3/t24-,27+/m0/s1. The smallest absolute Gasteiger partial charge is 0.410 e. The maximum Gasteiger partial charge on any atom is 0.410 e. The van der Waals surface area contributed by atoms with E-state index in [4.69, 9.17) is 9.16 Å². The van der Waals surface area contributed by atoms with Crippen molar-refractivity contribution in [1.82, 2.24) is 9.80 Å². The molecule has 2 heterocycles. The van der Waals surface area contributed by atoms with Crippen LogP contribution in [0.15, 0.2) is 60.7 Å². The van der Waals surface area contributed by atoms with Gasteiger partial charge in [-0.1, -0.05) is 81.4 Å². The average molecular weight is 509 g/mol. The third-order valence-electron chi connectivity index (χ3n) is 7.64. The first-order chi connectivity index (χ1) is 17.0. The van der Waals surface area contributed by atoms with Crippen LogP contribution in [0.1, 0.15) is 54.4 Å². The normalized spacial score (nSPS) is 21.0. The molecule has 2 fully saturated rings. The van der Waals surface area contributed by atoms with Gasteiger partial charge in [-0.2, -0.15) is 0 Å². The maximum absolute atomic E-state index is 12.6. The van der Waals surface area contributed by atoms with Gasteiger partial charge in [0.2, 0.25) is 0 Å². The first kappa shape index (κ1) is 26.9. The minimum Gasteiger partial charge on any atom is -0.444 e. The summed E-state index contributed by atoms with van der Waals surface area (Å²) < 4.78 is 12.7. The van der Waals surface area contributed by atoms with Gasteiger partial charge in [-0.15, -0.1) is 0 Å². The van der Waals surface area contributed by atoms with Crippen molar-refractivity contribution < 1.29 is 14.0 Å². The van der Waals surface area contributed by atoms with Crippen molar-refractivity contribution in [1.29, 1.82) is 0 Å². The maximum atomic E-state index is 12.6. The van der Waals surface area contributed by atoms with E-state index >= 15 is 0 Å². The van der Waals surface area contributed by atoms with E-state index in [0.29, 0.717) is 12.0 Å². The number of hydrogen-bond acceptors (Lipinski definition) is 4. The summed E-state index contributed by atoms with van der Waals surface area (Å²) in [7, 11) is -2.49. The Labute approximate surface area is 218 Å². The Kier molecular flexibility index (Phi) is 7.98. The number of likely N-dealkylation sites (tertiary alicyclic amines) is 2. The largest absolute Gasteiger partial charge is 0.444 e. The van der Waals surface area contributed by atoms with Crippen LogP contribution in [0.25, 0.3) is 0 Å². The van der Waals surface area contributed by atoms with Gasteiger partial charge in [0.15, 0.2) is 0 Å². The third kappa shape index (κ3) is 5.71. The molecule has 0 saturated carbocycles. The summed E-state index contributed by atoms with van der Waals surface area (Å²) in [5.74, 6) is 0.551. The predicted molar refractivity (Wildman–Crippen MR) is 149 cm³/mol. The molecule has 36 heavy (non-hydrogen) atoms. The fourth-order valence-electron chi connectivity index (χ4n) is 6.06. The molecule has 2 aliphatic heterocycles. The van der Waals surface area contributed by atoms with Crippen LogP contribution in [0.5, 0.6) is 0 Å². The van der Waals surface area contributed by atoms with E-state index in [1.165, 1.54) is 10.4 Å². The lowest BCUT2D eigenvalue weighted by Gasteiger charge is -2.43. The summed E-state index contributed by atoms with van der Waals surface area (Å²) >= 11 is 0. The summed E-state index contributed by atoms with van der Waals surface area (Å²) in [6, 6.07) is 22.1. The van der Waals surface area contributed by atoms with Crippen molar-refractivity contribution in [2.45, 2.75) is 71.1 Å². The van der Waals surface area contributed by atoms with Crippen LogP contribution < -0.4 is 10.4 Å². The average Bonchev–Trinajstić information content (AvgIpc) is 3.40. The molecule has 6 heteroatoms. The van der Waals surface area contributed by atoms with Gasteiger partial charge in [0.1, 0.15) is 5.60 Å². The molecular weight excluding hydrogens is 464 g/mol. The SMILES string of the molecule is CC(C)(C)OC(=O)N1C[C@@H]2CCN(CCCO[Si](c3ccccc3)(c3ccccc3)C(C)(C)C)[C@@H]2C1. The molecule has 0 bridgehead atoms. The van der Waals surface area contributed by atoms with Crippen LogP contribution in [-0.2, 0) is 9.16 Å². The third-order valence-corrected chi connectivity index (χ3v) is 12.7. The van der Waals surface area contributed by atoms with E-state index in [0.717, 1.165) is 45.6 Å². The molecular formula is C30H44N2O3Si. The van der Waals surface area contributed by atoms with Crippen LogP contribution in [-0.4, -0.2) is 68.6 Å². The molecule has 4 rings (SSSR count). The van der Waals surface area contributed by atoms with Gasteiger partial charge in [0.25, 0.3) is 8.32 Å². The summed E-state index contributed by atoms with van der Waals surface area (Å²) in [4.78, 5) is 17.1. The van der Waals surface area contributed by atoms with E-state index in [-0.39, 0.29) is 11.1 Å². The summed E-state index contributed by atoms with van der Waals surface area (Å²) in [6.45, 7) is 17.2. The minimum absolute atomic E-state index is 0.00613. The number of rotatable bonds is 7. The monoisotopic (exact) mass is 508 g/mol.